The molecule has 0 bridgehead atoms. The number of halogens is 3. The Bertz CT molecular complexity index is 822. The summed E-state index contributed by atoms with van der Waals surface area (Å²) in [6.45, 7) is 0. The summed E-state index contributed by atoms with van der Waals surface area (Å²) in [4.78, 5) is 23.4. The van der Waals surface area contributed by atoms with E-state index >= 15 is 0 Å². The first-order valence-corrected chi connectivity index (χ1v) is 8.58. The van der Waals surface area contributed by atoms with Crippen LogP contribution in [0.15, 0.2) is 36.1 Å². The number of rotatable bonds is 3. The number of aliphatic hydroxyl groups is 1. The number of hydrogen-bond acceptors (Lipinski definition) is 6. The Morgan fingerprint density at radius 1 is 1.29 bits per heavy atom. The van der Waals surface area contributed by atoms with Gasteiger partial charge in [-0.25, -0.2) is 4.79 Å². The number of esters is 1. The van der Waals surface area contributed by atoms with Gasteiger partial charge in [-0.05, 0) is 36.6 Å². The third-order valence-corrected chi connectivity index (χ3v) is 5.42. The second kappa shape index (κ2) is 6.77. The molecule has 3 rings (SSSR count). The number of hydrogen-bond donors (Lipinski definition) is 1. The first-order chi connectivity index (χ1) is 13.0. The van der Waals surface area contributed by atoms with Gasteiger partial charge in [-0.1, -0.05) is 12.1 Å². The molecule has 1 saturated carbocycles. The highest BCUT2D eigenvalue weighted by atomic mass is 19.4. The van der Waals surface area contributed by atoms with Crippen LogP contribution in [0, 0.1) is 10.1 Å². The summed E-state index contributed by atoms with van der Waals surface area (Å²) in [6, 6.07) is 3.85. The minimum Gasteiger partial charge on any atom is -0.463 e. The van der Waals surface area contributed by atoms with E-state index in [-0.39, 0.29) is 18.4 Å². The SMILES string of the molecule is COC(=O)C1=C[C@H](c2ccc(C(F)(F)F)cc2)[C@]2([N+](=O)[O-])CCCC[C@]2(O)O1. The maximum Gasteiger partial charge on any atom is 0.416 e. The van der Waals surface area contributed by atoms with Gasteiger partial charge in [0.15, 0.2) is 0 Å². The van der Waals surface area contributed by atoms with Crippen LogP contribution in [0.25, 0.3) is 0 Å². The molecule has 1 fully saturated rings. The van der Waals surface area contributed by atoms with Gasteiger partial charge in [0.25, 0.3) is 11.3 Å². The summed E-state index contributed by atoms with van der Waals surface area (Å²) in [7, 11) is 1.08. The van der Waals surface area contributed by atoms with Gasteiger partial charge in [-0.3, -0.25) is 10.1 Å². The van der Waals surface area contributed by atoms with Crippen LogP contribution >= 0.6 is 0 Å². The van der Waals surface area contributed by atoms with E-state index in [9.17, 15) is 33.2 Å². The van der Waals surface area contributed by atoms with Gasteiger partial charge in [0.2, 0.25) is 5.76 Å². The smallest absolute Gasteiger partial charge is 0.416 e. The fourth-order valence-electron chi connectivity index (χ4n) is 4.02. The molecule has 1 aromatic rings. The molecular weight excluding hydrogens is 383 g/mol. The summed E-state index contributed by atoms with van der Waals surface area (Å²) in [5.74, 6) is -4.82. The van der Waals surface area contributed by atoms with E-state index in [0.717, 1.165) is 37.5 Å². The van der Waals surface area contributed by atoms with E-state index in [2.05, 4.69) is 4.74 Å². The van der Waals surface area contributed by atoms with E-state index < -0.39 is 45.6 Å². The van der Waals surface area contributed by atoms with Crippen molar-refractivity contribution in [3.63, 3.8) is 0 Å². The molecule has 10 heteroatoms. The van der Waals surface area contributed by atoms with Gasteiger partial charge < -0.3 is 14.6 Å². The predicted octanol–water partition coefficient (Wildman–Crippen LogP) is 3.15. The third-order valence-electron chi connectivity index (χ3n) is 5.42. The molecule has 1 heterocycles. The zero-order chi connectivity index (χ0) is 20.7. The van der Waals surface area contributed by atoms with Crippen molar-refractivity contribution in [3.05, 3.63) is 57.3 Å². The van der Waals surface area contributed by atoms with E-state index in [1.165, 1.54) is 0 Å². The van der Waals surface area contributed by atoms with Gasteiger partial charge in [-0.2, -0.15) is 13.2 Å². The van der Waals surface area contributed by atoms with Crippen molar-refractivity contribution in [2.24, 2.45) is 0 Å². The van der Waals surface area contributed by atoms with Crippen LogP contribution in [0.1, 0.15) is 42.7 Å². The number of ether oxygens (including phenoxy) is 2. The van der Waals surface area contributed by atoms with Gasteiger partial charge in [0, 0.05) is 17.8 Å². The standard InChI is InChI=1S/C18H18F3NO6/c1-27-15(23)14-10-13(11-4-6-12(7-5-11)18(19,20)21)16(22(25)26)8-2-3-9-17(16,24)28-14/h4-7,10,13,24H,2-3,8-9H2,1H3/t13-,16-,17+/m1/s1. The number of nitro groups is 1. The summed E-state index contributed by atoms with van der Waals surface area (Å²) in [5, 5.41) is 23.2. The van der Waals surface area contributed by atoms with Gasteiger partial charge in [0.1, 0.15) is 0 Å². The Morgan fingerprint density at radius 3 is 2.43 bits per heavy atom. The molecule has 3 atom stereocenters. The molecule has 1 aliphatic heterocycles. The molecule has 1 N–H and O–H groups in total. The lowest BCUT2D eigenvalue weighted by atomic mass is 9.65. The highest BCUT2D eigenvalue weighted by Crippen LogP contribution is 2.53. The molecule has 1 aliphatic carbocycles. The highest BCUT2D eigenvalue weighted by Gasteiger charge is 2.70. The van der Waals surface area contributed by atoms with Crippen LogP contribution in [-0.2, 0) is 20.4 Å². The van der Waals surface area contributed by atoms with E-state index in [0.29, 0.717) is 12.8 Å². The largest absolute Gasteiger partial charge is 0.463 e. The zero-order valence-corrected chi connectivity index (χ0v) is 14.9. The van der Waals surface area contributed by atoms with E-state index in [1.807, 2.05) is 0 Å². The third kappa shape index (κ3) is 3.01. The maximum absolute atomic E-state index is 12.9. The molecular formula is C18H18F3NO6. The van der Waals surface area contributed by atoms with Gasteiger partial charge in [0.05, 0.1) is 18.6 Å². The first-order valence-electron chi connectivity index (χ1n) is 8.58. The number of alkyl halides is 3. The molecule has 0 amide bonds. The summed E-state index contributed by atoms with van der Waals surface area (Å²) >= 11 is 0. The maximum atomic E-state index is 12.9. The zero-order valence-electron chi connectivity index (χ0n) is 14.9. The van der Waals surface area contributed by atoms with Crippen molar-refractivity contribution in [1.29, 1.82) is 0 Å². The Labute approximate surface area is 157 Å². The average Bonchev–Trinajstić information content (AvgIpc) is 2.65. The molecule has 7 nitrogen and oxygen atoms in total. The predicted molar refractivity (Wildman–Crippen MR) is 88.5 cm³/mol. The number of nitrogens with zero attached hydrogens (tertiary/aromatic N) is 1. The molecule has 0 aromatic heterocycles. The van der Waals surface area contributed by atoms with Crippen molar-refractivity contribution in [2.45, 2.75) is 49.1 Å². The Kier molecular flexibility index (Phi) is 4.86. The Hall–Kier alpha value is -2.62. The second-order valence-corrected chi connectivity index (χ2v) is 6.89. The van der Waals surface area contributed by atoms with E-state index in [4.69, 9.17) is 4.74 Å². The second-order valence-electron chi connectivity index (χ2n) is 6.89. The fraction of sp³-hybridized carbons (Fsp3) is 0.500. The highest BCUT2D eigenvalue weighted by molar-refractivity contribution is 5.86. The molecule has 1 aromatic carbocycles. The molecule has 0 saturated heterocycles. The number of fused-ring (bicyclic) bond motifs is 1. The molecule has 152 valence electrons. The molecule has 0 radical (unpaired) electrons. The van der Waals surface area contributed by atoms with Crippen molar-refractivity contribution in [2.75, 3.05) is 7.11 Å². The van der Waals surface area contributed by atoms with Crippen LogP contribution < -0.4 is 0 Å². The van der Waals surface area contributed by atoms with Crippen LogP contribution in [0.5, 0.6) is 0 Å². The number of methoxy groups -OCH3 is 1. The number of carbonyl (C=O) groups excluding carboxylic acids is 1. The normalized spacial score (nSPS) is 29.9. The van der Waals surface area contributed by atoms with Crippen molar-refractivity contribution in [3.8, 4) is 0 Å². The van der Waals surface area contributed by atoms with Crippen LogP contribution in [-0.4, -0.2) is 34.4 Å². The summed E-state index contributed by atoms with van der Waals surface area (Å²) in [5.41, 5.74) is -2.79. The fourth-order valence-corrected chi connectivity index (χ4v) is 4.02. The lowest BCUT2D eigenvalue weighted by Gasteiger charge is -2.48. The van der Waals surface area contributed by atoms with Crippen LogP contribution in [0.4, 0.5) is 13.2 Å². The van der Waals surface area contributed by atoms with Crippen molar-refractivity contribution in [1.82, 2.24) is 0 Å². The first kappa shape index (κ1) is 20.1. The van der Waals surface area contributed by atoms with Gasteiger partial charge in [-0.15, -0.1) is 0 Å². The lowest BCUT2D eigenvalue weighted by Crippen LogP contribution is -2.67. The molecule has 2 aliphatic rings. The number of carbonyl (C=O) groups is 1. The topological polar surface area (TPSA) is 98.9 Å². The minimum absolute atomic E-state index is 0.0624. The summed E-state index contributed by atoms with van der Waals surface area (Å²) in [6.07, 6.45) is -2.72. The van der Waals surface area contributed by atoms with Crippen molar-refractivity contribution < 1.29 is 37.5 Å². The average molecular weight is 401 g/mol. The lowest BCUT2D eigenvalue weighted by molar-refractivity contribution is -0.623. The molecule has 28 heavy (non-hydrogen) atoms. The van der Waals surface area contributed by atoms with Crippen LogP contribution in [0.3, 0.4) is 0 Å². The number of benzene rings is 1. The Balaban J connectivity index is 2.18. The Morgan fingerprint density at radius 2 is 1.89 bits per heavy atom. The molecule has 0 unspecified atom stereocenters. The van der Waals surface area contributed by atoms with Crippen molar-refractivity contribution >= 4 is 5.97 Å². The van der Waals surface area contributed by atoms with E-state index in [1.54, 1.807) is 0 Å². The summed E-state index contributed by atoms with van der Waals surface area (Å²) < 4.78 is 48.5. The minimum atomic E-state index is -4.56. The van der Waals surface area contributed by atoms with Crippen LogP contribution in [0.2, 0.25) is 0 Å². The monoisotopic (exact) mass is 401 g/mol. The quantitative estimate of drug-likeness (QED) is 0.475. The molecule has 0 spiro atoms. The van der Waals surface area contributed by atoms with Gasteiger partial charge >= 0.3 is 12.1 Å².